The summed E-state index contributed by atoms with van der Waals surface area (Å²) >= 11 is -1.75. The van der Waals surface area contributed by atoms with Crippen LogP contribution in [0.3, 0.4) is 0 Å². The van der Waals surface area contributed by atoms with E-state index < -0.39 is 27.0 Å². The van der Waals surface area contributed by atoms with Crippen molar-refractivity contribution in [3.8, 4) is 0 Å². The minimum absolute atomic E-state index is 0.873. The van der Waals surface area contributed by atoms with Gasteiger partial charge >= 0.3 is 101 Å². The van der Waals surface area contributed by atoms with Crippen LogP contribution in [0.25, 0.3) is 0 Å². The Bertz CT molecular complexity index is 457. The minimum atomic E-state index is -0.873. The standard InChI is InChI=1S/C12H8As2S/c1-2-6-10-9(5-1)13-11-7-3-4-8-12(11)14(10)15-13/h1-8H. The average Bonchev–Trinajstić information content (AvgIpc) is 2.86. The fraction of sp³-hybridized carbons (Fsp3) is 0. The molecule has 2 aromatic rings. The second-order valence-electron chi connectivity index (χ2n) is 3.65. The molecule has 2 aliphatic rings. The normalized spacial score (nSPS) is 25.1. The third-order valence-corrected chi connectivity index (χ3v) is 28.6. The van der Waals surface area contributed by atoms with Crippen LogP contribution in [0, 0.1) is 0 Å². The van der Waals surface area contributed by atoms with Crippen LogP contribution in [0.15, 0.2) is 48.5 Å². The Morgan fingerprint density at radius 3 is 1.27 bits per heavy atom. The fourth-order valence-electron chi connectivity index (χ4n) is 2.13. The fourth-order valence-corrected chi connectivity index (χ4v) is 38.8. The number of benzene rings is 2. The molecule has 2 bridgehead atoms. The van der Waals surface area contributed by atoms with Crippen molar-refractivity contribution in [1.82, 2.24) is 0 Å². The van der Waals surface area contributed by atoms with Gasteiger partial charge in [-0.25, -0.2) is 0 Å². The van der Waals surface area contributed by atoms with Gasteiger partial charge in [-0.1, -0.05) is 0 Å². The van der Waals surface area contributed by atoms with E-state index in [0.29, 0.717) is 0 Å². The van der Waals surface area contributed by atoms with E-state index in [2.05, 4.69) is 56.8 Å². The summed E-state index contributed by atoms with van der Waals surface area (Å²) in [7, 11) is 2.38. The van der Waals surface area contributed by atoms with E-state index in [1.807, 2.05) is 0 Å². The van der Waals surface area contributed by atoms with Crippen molar-refractivity contribution in [3.63, 3.8) is 0 Å². The van der Waals surface area contributed by atoms with Crippen LogP contribution in [0.4, 0.5) is 0 Å². The Kier molecular flexibility index (Phi) is 1.92. The maximum atomic E-state index is 2.38. The molecule has 0 unspecified atom stereocenters. The van der Waals surface area contributed by atoms with Crippen LogP contribution in [0.5, 0.6) is 0 Å². The molecule has 0 nitrogen and oxygen atoms in total. The second kappa shape index (κ2) is 3.20. The van der Waals surface area contributed by atoms with Gasteiger partial charge in [0.2, 0.25) is 0 Å². The molecule has 0 aliphatic carbocycles. The van der Waals surface area contributed by atoms with Gasteiger partial charge < -0.3 is 0 Å². The summed E-state index contributed by atoms with van der Waals surface area (Å²) in [6.45, 7) is 0. The SMILES string of the molecule is c1ccc2c(c1)[As]1S[As]2c2ccccc21. The third-order valence-electron chi connectivity index (χ3n) is 2.80. The summed E-state index contributed by atoms with van der Waals surface area (Å²) < 4.78 is 6.98. The van der Waals surface area contributed by atoms with Crippen molar-refractivity contribution in [3.05, 3.63) is 48.5 Å². The van der Waals surface area contributed by atoms with Crippen molar-refractivity contribution in [1.29, 1.82) is 0 Å². The molecule has 2 heterocycles. The molecule has 0 spiro atoms. The Morgan fingerprint density at radius 1 is 0.600 bits per heavy atom. The van der Waals surface area contributed by atoms with Gasteiger partial charge in [0, 0.05) is 0 Å². The Labute approximate surface area is 101 Å². The van der Waals surface area contributed by atoms with Crippen LogP contribution in [0.2, 0.25) is 0 Å². The molecule has 0 radical (unpaired) electrons. The summed E-state index contributed by atoms with van der Waals surface area (Å²) in [5.41, 5.74) is 0. The summed E-state index contributed by atoms with van der Waals surface area (Å²) in [5.74, 6) is 0. The van der Waals surface area contributed by atoms with Gasteiger partial charge in [0.05, 0.1) is 0 Å². The Balaban J connectivity index is 2.02. The molecule has 0 amide bonds. The van der Waals surface area contributed by atoms with E-state index in [1.54, 1.807) is 17.4 Å². The van der Waals surface area contributed by atoms with Crippen LogP contribution < -0.4 is 17.4 Å². The molecule has 0 saturated heterocycles. The summed E-state index contributed by atoms with van der Waals surface area (Å²) in [4.78, 5) is 0. The number of hydrogen-bond donors (Lipinski definition) is 0. The molecule has 0 N–H and O–H groups in total. The van der Waals surface area contributed by atoms with Gasteiger partial charge in [0.1, 0.15) is 0 Å². The predicted octanol–water partition coefficient (Wildman–Crippen LogP) is -0.0418. The van der Waals surface area contributed by atoms with Crippen LogP contribution in [-0.4, -0.2) is 27.0 Å². The summed E-state index contributed by atoms with van der Waals surface area (Å²) in [6.07, 6.45) is 0. The number of rotatable bonds is 0. The molecule has 4 rings (SSSR count). The van der Waals surface area contributed by atoms with E-state index in [0.717, 1.165) is 0 Å². The van der Waals surface area contributed by atoms with Gasteiger partial charge in [-0.3, -0.25) is 0 Å². The topological polar surface area (TPSA) is 0 Å². The zero-order valence-electron chi connectivity index (χ0n) is 7.92. The molecule has 72 valence electrons. The van der Waals surface area contributed by atoms with Gasteiger partial charge in [-0.05, 0) is 0 Å². The second-order valence-corrected chi connectivity index (χ2v) is 20.5. The molecule has 2 aliphatic heterocycles. The zero-order valence-corrected chi connectivity index (χ0v) is 12.5. The molecule has 0 atom stereocenters. The van der Waals surface area contributed by atoms with E-state index >= 15 is 0 Å². The monoisotopic (exact) mass is 334 g/mol. The molecular formula is C12H8As2S. The van der Waals surface area contributed by atoms with Crippen molar-refractivity contribution < 1.29 is 0 Å². The summed E-state index contributed by atoms with van der Waals surface area (Å²) in [6, 6.07) is 18.4. The van der Waals surface area contributed by atoms with Gasteiger partial charge in [0.15, 0.2) is 0 Å². The van der Waals surface area contributed by atoms with Crippen molar-refractivity contribution in [2.45, 2.75) is 0 Å². The summed E-state index contributed by atoms with van der Waals surface area (Å²) in [5, 5.41) is 0. The van der Waals surface area contributed by atoms with Gasteiger partial charge in [-0.15, -0.1) is 0 Å². The van der Waals surface area contributed by atoms with Crippen LogP contribution in [0.1, 0.15) is 0 Å². The Hall–Kier alpha value is -0.0931. The quantitative estimate of drug-likeness (QED) is 0.610. The van der Waals surface area contributed by atoms with Crippen molar-refractivity contribution in [2.24, 2.45) is 0 Å². The number of hydrogen-bond acceptors (Lipinski definition) is 1. The van der Waals surface area contributed by atoms with Gasteiger partial charge in [0.25, 0.3) is 0 Å². The molecule has 0 aromatic heterocycles. The predicted molar refractivity (Wildman–Crippen MR) is 70.5 cm³/mol. The number of fused-ring (bicyclic) bond motifs is 8. The van der Waals surface area contributed by atoms with Crippen LogP contribution >= 0.6 is 8.29 Å². The molecule has 3 heteroatoms. The van der Waals surface area contributed by atoms with Gasteiger partial charge in [-0.2, -0.15) is 0 Å². The first kappa shape index (κ1) is 8.99. The molecule has 2 aromatic carbocycles. The third kappa shape index (κ3) is 1.12. The average molecular weight is 334 g/mol. The zero-order chi connectivity index (χ0) is 9.83. The van der Waals surface area contributed by atoms with Crippen molar-refractivity contribution >= 4 is 52.7 Å². The maximum absolute atomic E-state index is 2.38. The first-order valence-corrected chi connectivity index (χ1v) is 14.0. The van der Waals surface area contributed by atoms with E-state index in [9.17, 15) is 0 Å². The van der Waals surface area contributed by atoms with Crippen molar-refractivity contribution in [2.75, 3.05) is 0 Å². The first-order valence-electron chi connectivity index (χ1n) is 4.91. The van der Waals surface area contributed by atoms with E-state index in [-0.39, 0.29) is 0 Å². The van der Waals surface area contributed by atoms with E-state index in [1.165, 1.54) is 0 Å². The van der Waals surface area contributed by atoms with E-state index in [4.69, 9.17) is 0 Å². The van der Waals surface area contributed by atoms with Crippen LogP contribution in [-0.2, 0) is 0 Å². The first-order chi connectivity index (χ1) is 7.45. The Morgan fingerprint density at radius 2 is 0.933 bits per heavy atom. The molecular weight excluding hydrogens is 326 g/mol. The molecule has 15 heavy (non-hydrogen) atoms. The molecule has 0 saturated carbocycles. The molecule has 0 fully saturated rings.